The molecule has 8 nitrogen and oxygen atoms in total. The summed E-state index contributed by atoms with van der Waals surface area (Å²) in [5, 5.41) is 7.68. The SMILES string of the molecule is CCNC(=NCc1cccc(-n2cncn2)c1)N1CCC(C)C(n2ccnc2)C1. The molecule has 0 aliphatic carbocycles. The molecule has 152 valence electrons. The third-order valence-electron chi connectivity index (χ3n) is 5.47. The molecule has 0 saturated carbocycles. The quantitative estimate of drug-likeness (QED) is 0.533. The third kappa shape index (κ3) is 4.47. The molecule has 1 fully saturated rings. The molecule has 0 amide bonds. The van der Waals surface area contributed by atoms with Gasteiger partial charge in [-0.25, -0.2) is 19.6 Å². The van der Waals surface area contributed by atoms with Crippen LogP contribution < -0.4 is 5.32 Å². The standard InChI is InChI=1S/C21H28N8/c1-3-24-21(27-9-7-17(2)20(13-27)28-10-8-22-15-28)25-12-18-5-4-6-19(11-18)29-16-23-14-26-29/h4-6,8,10-11,14-17,20H,3,7,9,12-13H2,1-2H3,(H,24,25). The van der Waals surface area contributed by atoms with Crippen LogP contribution in [0.1, 0.15) is 31.9 Å². The molecule has 1 aromatic carbocycles. The molecule has 3 aromatic rings. The minimum atomic E-state index is 0.408. The zero-order chi connectivity index (χ0) is 20.1. The van der Waals surface area contributed by atoms with E-state index in [4.69, 9.17) is 4.99 Å². The number of rotatable bonds is 5. The van der Waals surface area contributed by atoms with Gasteiger partial charge in [0, 0.05) is 32.0 Å². The summed E-state index contributed by atoms with van der Waals surface area (Å²) in [6, 6.07) is 8.67. The van der Waals surface area contributed by atoms with Gasteiger partial charge in [-0.05, 0) is 37.0 Å². The Morgan fingerprint density at radius 2 is 2.21 bits per heavy atom. The van der Waals surface area contributed by atoms with E-state index in [-0.39, 0.29) is 0 Å². The summed E-state index contributed by atoms with van der Waals surface area (Å²) in [7, 11) is 0. The lowest BCUT2D eigenvalue weighted by Crippen LogP contribution is -2.49. The van der Waals surface area contributed by atoms with Crippen molar-refractivity contribution in [3.05, 3.63) is 61.2 Å². The summed E-state index contributed by atoms with van der Waals surface area (Å²) >= 11 is 0. The highest BCUT2D eigenvalue weighted by molar-refractivity contribution is 5.80. The maximum atomic E-state index is 4.93. The number of piperidine rings is 1. The number of guanidine groups is 1. The highest BCUT2D eigenvalue weighted by Crippen LogP contribution is 2.27. The molecule has 2 aromatic heterocycles. The van der Waals surface area contributed by atoms with Gasteiger partial charge in [0.25, 0.3) is 0 Å². The van der Waals surface area contributed by atoms with Gasteiger partial charge in [0.1, 0.15) is 12.7 Å². The number of hydrogen-bond acceptors (Lipinski definition) is 4. The maximum absolute atomic E-state index is 4.93. The number of hydrogen-bond donors (Lipinski definition) is 1. The molecule has 1 aliphatic rings. The van der Waals surface area contributed by atoms with E-state index in [2.05, 4.69) is 62.0 Å². The highest BCUT2D eigenvalue weighted by Gasteiger charge is 2.28. The topological polar surface area (TPSA) is 76.2 Å². The Morgan fingerprint density at radius 3 is 2.97 bits per heavy atom. The molecule has 0 radical (unpaired) electrons. The average molecular weight is 393 g/mol. The summed E-state index contributed by atoms with van der Waals surface area (Å²) in [6.07, 6.45) is 10.2. The van der Waals surface area contributed by atoms with Crippen LogP contribution in [0.2, 0.25) is 0 Å². The summed E-state index contributed by atoms with van der Waals surface area (Å²) in [4.78, 5) is 15.6. The van der Waals surface area contributed by atoms with E-state index < -0.39 is 0 Å². The first-order chi connectivity index (χ1) is 14.2. The van der Waals surface area contributed by atoms with Crippen LogP contribution in [-0.2, 0) is 6.54 Å². The number of aliphatic imine (C=N–C) groups is 1. The van der Waals surface area contributed by atoms with E-state index >= 15 is 0 Å². The first-order valence-electron chi connectivity index (χ1n) is 10.2. The van der Waals surface area contributed by atoms with Gasteiger partial charge in [0.2, 0.25) is 0 Å². The molecule has 1 aliphatic heterocycles. The number of benzene rings is 1. The monoisotopic (exact) mass is 392 g/mol. The van der Waals surface area contributed by atoms with Crippen molar-refractivity contribution in [2.75, 3.05) is 19.6 Å². The molecule has 1 saturated heterocycles. The second kappa shape index (κ2) is 8.89. The first kappa shape index (κ1) is 19.2. The predicted molar refractivity (Wildman–Crippen MR) is 113 cm³/mol. The van der Waals surface area contributed by atoms with Crippen molar-refractivity contribution in [1.82, 2.24) is 34.5 Å². The molecule has 2 atom stereocenters. The fraction of sp³-hybridized carbons (Fsp3) is 0.429. The highest BCUT2D eigenvalue weighted by atomic mass is 15.3. The first-order valence-corrected chi connectivity index (χ1v) is 10.2. The van der Waals surface area contributed by atoms with Crippen molar-refractivity contribution in [2.24, 2.45) is 10.9 Å². The zero-order valence-corrected chi connectivity index (χ0v) is 17.0. The van der Waals surface area contributed by atoms with Crippen molar-refractivity contribution >= 4 is 5.96 Å². The van der Waals surface area contributed by atoms with Gasteiger partial charge in [-0.3, -0.25) is 0 Å². The van der Waals surface area contributed by atoms with Gasteiger partial charge in [0.15, 0.2) is 5.96 Å². The lowest BCUT2D eigenvalue weighted by Gasteiger charge is -2.39. The molecule has 1 N–H and O–H groups in total. The Balaban J connectivity index is 1.50. The lowest BCUT2D eigenvalue weighted by molar-refractivity contribution is 0.189. The number of aromatic nitrogens is 5. The van der Waals surface area contributed by atoms with Crippen molar-refractivity contribution in [1.29, 1.82) is 0 Å². The Kier molecular flexibility index (Phi) is 5.88. The van der Waals surface area contributed by atoms with Crippen LogP contribution in [0.25, 0.3) is 5.69 Å². The van der Waals surface area contributed by atoms with E-state index in [0.717, 1.165) is 43.3 Å². The molecule has 29 heavy (non-hydrogen) atoms. The molecule has 0 spiro atoms. The van der Waals surface area contributed by atoms with E-state index in [1.165, 1.54) is 0 Å². The molecule has 0 bridgehead atoms. The van der Waals surface area contributed by atoms with Gasteiger partial charge < -0.3 is 14.8 Å². The van der Waals surface area contributed by atoms with E-state index in [0.29, 0.717) is 18.5 Å². The van der Waals surface area contributed by atoms with Gasteiger partial charge in [-0.1, -0.05) is 19.1 Å². The molecule has 3 heterocycles. The van der Waals surface area contributed by atoms with Crippen LogP contribution in [0.15, 0.2) is 60.6 Å². The molecule has 4 rings (SSSR count). The molecular formula is C21H28N8. The zero-order valence-electron chi connectivity index (χ0n) is 17.0. The van der Waals surface area contributed by atoms with Gasteiger partial charge in [-0.15, -0.1) is 0 Å². The van der Waals surface area contributed by atoms with E-state index in [9.17, 15) is 0 Å². The fourth-order valence-corrected chi connectivity index (χ4v) is 3.83. The lowest BCUT2D eigenvalue weighted by atomic mass is 9.93. The van der Waals surface area contributed by atoms with Gasteiger partial charge in [-0.2, -0.15) is 5.10 Å². The van der Waals surface area contributed by atoms with Crippen molar-refractivity contribution in [2.45, 2.75) is 32.9 Å². The average Bonchev–Trinajstić information content (AvgIpc) is 3.46. The minimum Gasteiger partial charge on any atom is -0.357 e. The van der Waals surface area contributed by atoms with Crippen LogP contribution >= 0.6 is 0 Å². The van der Waals surface area contributed by atoms with Crippen LogP contribution in [-0.4, -0.2) is 54.8 Å². The van der Waals surface area contributed by atoms with E-state index in [1.54, 1.807) is 17.3 Å². The largest absolute Gasteiger partial charge is 0.357 e. The van der Waals surface area contributed by atoms with Crippen molar-refractivity contribution in [3.8, 4) is 5.69 Å². The normalized spacial score (nSPS) is 20.1. The third-order valence-corrected chi connectivity index (χ3v) is 5.47. The van der Waals surface area contributed by atoms with Gasteiger partial charge in [0.05, 0.1) is 24.6 Å². The summed E-state index contributed by atoms with van der Waals surface area (Å²) < 4.78 is 3.99. The Hall–Kier alpha value is -3.16. The number of nitrogens with zero attached hydrogens (tertiary/aromatic N) is 7. The predicted octanol–water partition coefficient (Wildman–Crippen LogP) is 2.51. The second-order valence-electron chi connectivity index (χ2n) is 7.47. The number of nitrogens with one attached hydrogen (secondary N) is 1. The summed E-state index contributed by atoms with van der Waals surface area (Å²) in [5.41, 5.74) is 2.14. The number of imidazole rings is 1. The molecular weight excluding hydrogens is 364 g/mol. The van der Waals surface area contributed by atoms with Gasteiger partial charge >= 0.3 is 0 Å². The van der Waals surface area contributed by atoms with Crippen LogP contribution in [0.3, 0.4) is 0 Å². The van der Waals surface area contributed by atoms with Crippen LogP contribution in [0.5, 0.6) is 0 Å². The van der Waals surface area contributed by atoms with Crippen molar-refractivity contribution < 1.29 is 0 Å². The smallest absolute Gasteiger partial charge is 0.194 e. The molecule has 8 heteroatoms. The van der Waals surface area contributed by atoms with E-state index in [1.807, 2.05) is 24.7 Å². The second-order valence-corrected chi connectivity index (χ2v) is 7.47. The summed E-state index contributed by atoms with van der Waals surface area (Å²) in [5.74, 6) is 1.58. The van der Waals surface area contributed by atoms with Crippen LogP contribution in [0.4, 0.5) is 0 Å². The van der Waals surface area contributed by atoms with Crippen LogP contribution in [0, 0.1) is 5.92 Å². The summed E-state index contributed by atoms with van der Waals surface area (Å²) in [6.45, 7) is 7.84. The Morgan fingerprint density at radius 1 is 1.28 bits per heavy atom. The Bertz CT molecular complexity index is 916. The molecule has 2 unspecified atom stereocenters. The number of likely N-dealkylation sites (tertiary alicyclic amines) is 1. The maximum Gasteiger partial charge on any atom is 0.194 e. The Labute approximate surface area is 171 Å². The fourth-order valence-electron chi connectivity index (χ4n) is 3.83. The van der Waals surface area contributed by atoms with Crippen molar-refractivity contribution in [3.63, 3.8) is 0 Å². The minimum absolute atomic E-state index is 0.408.